The van der Waals surface area contributed by atoms with Crippen LogP contribution in [0.2, 0.25) is 0 Å². The molecule has 0 amide bonds. The number of methoxy groups -OCH3 is 2. The number of hydrogen-bond acceptors (Lipinski definition) is 12. The molecule has 0 unspecified atom stereocenters. The summed E-state index contributed by atoms with van der Waals surface area (Å²) in [6, 6.07) is 11.2. The number of phenols is 6. The maximum atomic E-state index is 13.5. The van der Waals surface area contributed by atoms with Crippen molar-refractivity contribution >= 4 is 23.1 Å². The van der Waals surface area contributed by atoms with Gasteiger partial charge in [0, 0.05) is 22.3 Å². The fraction of sp³-hybridized carbons (Fsp3) is 0.0667. The Balaban J connectivity index is 1.88. The molecule has 0 aliphatic carbocycles. The lowest BCUT2D eigenvalue weighted by Gasteiger charge is -2.15. The molecule has 4 aromatic carbocycles. The van der Waals surface area contributed by atoms with E-state index in [1.54, 1.807) is 0 Å². The lowest BCUT2D eigenvalue weighted by Crippen LogP contribution is -2.18. The van der Waals surface area contributed by atoms with Crippen LogP contribution in [-0.2, 0) is 0 Å². The van der Waals surface area contributed by atoms with E-state index in [1.165, 1.54) is 50.6 Å². The van der Waals surface area contributed by atoms with Gasteiger partial charge in [0.15, 0.2) is 34.5 Å². The minimum Gasteiger partial charge on any atom is -0.504 e. The van der Waals surface area contributed by atoms with Crippen molar-refractivity contribution in [2.75, 3.05) is 14.2 Å². The van der Waals surface area contributed by atoms with Crippen molar-refractivity contribution in [2.45, 2.75) is 0 Å². The van der Waals surface area contributed by atoms with E-state index < -0.39 is 68.8 Å². The molecule has 12 nitrogen and oxygen atoms in total. The molecule has 6 N–H and O–H groups in total. The Morgan fingerprint density at radius 1 is 0.476 bits per heavy atom. The van der Waals surface area contributed by atoms with Crippen LogP contribution in [0.5, 0.6) is 46.0 Å². The van der Waals surface area contributed by atoms with Crippen LogP contribution in [0.1, 0.15) is 41.4 Å². The molecule has 214 valence electrons. The first-order chi connectivity index (χ1) is 19.9. The van der Waals surface area contributed by atoms with Gasteiger partial charge < -0.3 is 40.1 Å². The van der Waals surface area contributed by atoms with Crippen LogP contribution in [0.15, 0.2) is 60.7 Å². The molecular weight excluding hydrogens is 552 g/mol. The number of benzene rings is 4. The second-order valence-corrected chi connectivity index (χ2v) is 8.87. The van der Waals surface area contributed by atoms with E-state index in [9.17, 15) is 49.8 Å². The molecule has 4 rings (SSSR count). The van der Waals surface area contributed by atoms with Gasteiger partial charge in [0.2, 0.25) is 23.1 Å². The van der Waals surface area contributed by atoms with Crippen LogP contribution in [0, 0.1) is 0 Å². The normalized spacial score (nSPS) is 10.6. The summed E-state index contributed by atoms with van der Waals surface area (Å²) in [6.07, 6.45) is 0. The molecule has 12 heteroatoms. The Hall–Kier alpha value is -6.04. The summed E-state index contributed by atoms with van der Waals surface area (Å²) in [5.74, 6) is -9.53. The molecule has 0 heterocycles. The van der Waals surface area contributed by atoms with Crippen LogP contribution in [0.3, 0.4) is 0 Å². The smallest absolute Gasteiger partial charge is 0.234 e. The Labute approximate surface area is 236 Å². The molecule has 0 bridgehead atoms. The third-order valence-corrected chi connectivity index (χ3v) is 6.31. The highest BCUT2D eigenvalue weighted by molar-refractivity contribution is 6.52. The van der Waals surface area contributed by atoms with Crippen molar-refractivity contribution in [1.29, 1.82) is 0 Å². The van der Waals surface area contributed by atoms with Crippen molar-refractivity contribution < 1.29 is 59.3 Å². The Morgan fingerprint density at radius 2 is 0.786 bits per heavy atom. The van der Waals surface area contributed by atoms with Gasteiger partial charge in [-0.05, 0) is 71.8 Å². The molecule has 0 fully saturated rings. The number of aromatic hydroxyl groups is 6. The van der Waals surface area contributed by atoms with Crippen molar-refractivity contribution in [3.63, 3.8) is 0 Å². The van der Waals surface area contributed by atoms with Crippen LogP contribution in [-0.4, -0.2) is 68.0 Å². The van der Waals surface area contributed by atoms with Crippen LogP contribution in [0.25, 0.3) is 11.1 Å². The molecule has 42 heavy (non-hydrogen) atoms. The quantitative estimate of drug-likeness (QED) is 0.0960. The van der Waals surface area contributed by atoms with Crippen molar-refractivity contribution in [3.8, 4) is 57.1 Å². The van der Waals surface area contributed by atoms with Gasteiger partial charge in [0.25, 0.3) is 0 Å². The lowest BCUT2D eigenvalue weighted by atomic mass is 9.88. The average Bonchev–Trinajstić information content (AvgIpc) is 2.99. The molecule has 0 saturated heterocycles. The van der Waals surface area contributed by atoms with Gasteiger partial charge in [-0.25, -0.2) is 0 Å². The standard InChI is InChI=1S/C30H22O12/c1-41-15-3-5-17(19(11-15)27(37)25(35)13-7-21(31)29(39)22(32)8-13)18-6-4-16(42-2)12-20(18)28(38)26(36)14-9-23(33)30(40)24(34)10-14/h3-12,31-34,39-40H,1-2H3. The predicted molar refractivity (Wildman–Crippen MR) is 145 cm³/mol. The average molecular weight is 574 g/mol. The third-order valence-electron chi connectivity index (χ3n) is 6.31. The highest BCUT2D eigenvalue weighted by Gasteiger charge is 2.29. The number of ether oxygens (including phenoxy) is 2. The van der Waals surface area contributed by atoms with Gasteiger partial charge in [-0.1, -0.05) is 0 Å². The summed E-state index contributed by atoms with van der Waals surface area (Å²) >= 11 is 0. The first-order valence-electron chi connectivity index (χ1n) is 11.9. The molecule has 0 radical (unpaired) electrons. The minimum absolute atomic E-state index is 0.0107. The fourth-order valence-corrected chi connectivity index (χ4v) is 4.12. The van der Waals surface area contributed by atoms with E-state index in [0.29, 0.717) is 0 Å². The Morgan fingerprint density at radius 3 is 1.07 bits per heavy atom. The molecule has 0 aliphatic rings. The third kappa shape index (κ3) is 5.23. The largest absolute Gasteiger partial charge is 0.504 e. The van der Waals surface area contributed by atoms with E-state index in [1.807, 2.05) is 0 Å². The van der Waals surface area contributed by atoms with E-state index in [0.717, 1.165) is 24.3 Å². The first-order valence-corrected chi connectivity index (χ1v) is 11.9. The molecular formula is C30H22O12. The molecule has 4 aromatic rings. The summed E-state index contributed by atoms with van der Waals surface area (Å²) in [5.41, 5.74) is -1.44. The van der Waals surface area contributed by atoms with Gasteiger partial charge in [0.05, 0.1) is 14.2 Å². The zero-order valence-electron chi connectivity index (χ0n) is 21.9. The minimum atomic E-state index is -1.19. The van der Waals surface area contributed by atoms with Crippen LogP contribution < -0.4 is 9.47 Å². The number of ketones is 4. The van der Waals surface area contributed by atoms with Crippen molar-refractivity contribution in [1.82, 2.24) is 0 Å². The van der Waals surface area contributed by atoms with E-state index in [4.69, 9.17) is 9.47 Å². The molecule has 0 spiro atoms. The Bertz CT molecular complexity index is 1610. The van der Waals surface area contributed by atoms with Gasteiger partial charge in [0.1, 0.15) is 11.5 Å². The second kappa shape index (κ2) is 11.2. The van der Waals surface area contributed by atoms with Gasteiger partial charge in [-0.15, -0.1) is 0 Å². The molecule has 0 atom stereocenters. The lowest BCUT2D eigenvalue weighted by molar-refractivity contribution is 0.0815. The Kier molecular flexibility index (Phi) is 7.73. The zero-order chi connectivity index (χ0) is 30.9. The highest BCUT2D eigenvalue weighted by Crippen LogP contribution is 2.38. The fourth-order valence-electron chi connectivity index (χ4n) is 4.12. The van der Waals surface area contributed by atoms with Gasteiger partial charge in [-0.3, -0.25) is 19.2 Å². The number of phenolic OH excluding ortho intramolecular Hbond substituents is 6. The van der Waals surface area contributed by atoms with Crippen molar-refractivity contribution in [2.24, 2.45) is 0 Å². The van der Waals surface area contributed by atoms with E-state index in [2.05, 4.69) is 0 Å². The number of carbonyl (C=O) groups is 4. The van der Waals surface area contributed by atoms with Gasteiger partial charge in [-0.2, -0.15) is 0 Å². The topological polar surface area (TPSA) is 208 Å². The van der Waals surface area contributed by atoms with Crippen LogP contribution >= 0.6 is 0 Å². The number of hydrogen-bond donors (Lipinski definition) is 6. The summed E-state index contributed by atoms with van der Waals surface area (Å²) in [7, 11) is 2.62. The number of rotatable bonds is 9. The zero-order valence-corrected chi connectivity index (χ0v) is 21.9. The predicted octanol–water partition coefficient (Wildman–Crippen LogP) is 3.74. The number of Topliss-reactive ketones (excluding diaryl/α,β-unsaturated/α-hetero) is 4. The second-order valence-electron chi connectivity index (χ2n) is 8.87. The maximum Gasteiger partial charge on any atom is 0.234 e. The molecule has 0 aromatic heterocycles. The monoisotopic (exact) mass is 574 g/mol. The highest BCUT2D eigenvalue weighted by atomic mass is 16.5. The summed E-state index contributed by atoms with van der Waals surface area (Å²) < 4.78 is 10.4. The van der Waals surface area contributed by atoms with E-state index in [-0.39, 0.29) is 33.8 Å². The molecule has 0 aliphatic heterocycles. The maximum absolute atomic E-state index is 13.5. The van der Waals surface area contributed by atoms with Gasteiger partial charge >= 0.3 is 0 Å². The van der Waals surface area contributed by atoms with Crippen LogP contribution in [0.4, 0.5) is 0 Å². The molecule has 0 saturated carbocycles. The summed E-state index contributed by atoms with van der Waals surface area (Å²) in [4.78, 5) is 53.3. The van der Waals surface area contributed by atoms with E-state index >= 15 is 0 Å². The van der Waals surface area contributed by atoms with Crippen molar-refractivity contribution in [3.05, 3.63) is 82.9 Å². The SMILES string of the molecule is COc1ccc(-c2ccc(OC)cc2C(=O)C(=O)c2cc(O)c(O)c(O)c2)c(C(=O)C(=O)c2cc(O)c(O)c(O)c2)c1. The first kappa shape index (κ1) is 29.0. The summed E-state index contributed by atoms with van der Waals surface area (Å²) in [6.45, 7) is 0. The number of carbonyl (C=O) groups excluding carboxylic acids is 4. The summed E-state index contributed by atoms with van der Waals surface area (Å²) in [5, 5.41) is 58.5.